The number of aromatic nitrogens is 2. The lowest BCUT2D eigenvalue weighted by molar-refractivity contribution is 0.601. The van der Waals surface area contributed by atoms with Crippen LogP contribution in [0.2, 0.25) is 0 Å². The number of fused-ring (bicyclic) bond motifs is 1. The standard InChI is InChI=1S/C17H17N5O2S2/c1-2-18-17(25)20-12-7-9-13(10-8-12)26(23,24)22-16-11-19-14-5-3-4-6-15(14)21-16/h3-11H,2H2,1H3,(H,21,22)(H2,18,20,25). The van der Waals surface area contributed by atoms with Gasteiger partial charge >= 0.3 is 0 Å². The van der Waals surface area contributed by atoms with Gasteiger partial charge in [0.15, 0.2) is 10.9 Å². The van der Waals surface area contributed by atoms with Crippen LogP contribution in [0.1, 0.15) is 6.92 Å². The molecule has 3 N–H and O–H groups in total. The molecule has 0 spiro atoms. The molecule has 7 nitrogen and oxygen atoms in total. The maximum Gasteiger partial charge on any atom is 0.263 e. The molecule has 26 heavy (non-hydrogen) atoms. The Kier molecular flexibility index (Phi) is 5.29. The van der Waals surface area contributed by atoms with Crippen LogP contribution in [-0.2, 0) is 10.0 Å². The van der Waals surface area contributed by atoms with E-state index in [1.165, 1.54) is 18.3 Å². The number of nitrogens with zero attached hydrogens (tertiary/aromatic N) is 2. The molecule has 0 amide bonds. The van der Waals surface area contributed by atoms with Crippen LogP contribution in [0.4, 0.5) is 11.5 Å². The van der Waals surface area contributed by atoms with Crippen LogP contribution in [0.15, 0.2) is 59.6 Å². The molecule has 1 heterocycles. The van der Waals surface area contributed by atoms with Crippen molar-refractivity contribution in [3.8, 4) is 0 Å². The lowest BCUT2D eigenvalue weighted by atomic mass is 10.3. The van der Waals surface area contributed by atoms with Crippen molar-refractivity contribution >= 4 is 49.9 Å². The number of para-hydroxylation sites is 2. The van der Waals surface area contributed by atoms with E-state index < -0.39 is 10.0 Å². The molecule has 0 aliphatic rings. The van der Waals surface area contributed by atoms with Gasteiger partial charge < -0.3 is 10.6 Å². The molecule has 2 aromatic carbocycles. The van der Waals surface area contributed by atoms with Crippen molar-refractivity contribution in [2.75, 3.05) is 16.6 Å². The maximum atomic E-state index is 12.5. The third kappa shape index (κ3) is 4.24. The molecule has 0 unspecified atom stereocenters. The van der Waals surface area contributed by atoms with Gasteiger partial charge in [-0.3, -0.25) is 9.71 Å². The van der Waals surface area contributed by atoms with Gasteiger partial charge in [0, 0.05) is 12.2 Å². The first-order valence-corrected chi connectivity index (χ1v) is 9.76. The molecule has 0 fully saturated rings. The van der Waals surface area contributed by atoms with Gasteiger partial charge in [0.05, 0.1) is 22.1 Å². The highest BCUT2D eigenvalue weighted by Crippen LogP contribution is 2.18. The minimum Gasteiger partial charge on any atom is -0.363 e. The molecule has 3 aromatic rings. The summed E-state index contributed by atoms with van der Waals surface area (Å²) in [4.78, 5) is 8.59. The van der Waals surface area contributed by atoms with Crippen molar-refractivity contribution in [3.63, 3.8) is 0 Å². The minimum absolute atomic E-state index is 0.118. The zero-order valence-electron chi connectivity index (χ0n) is 13.9. The predicted octanol–water partition coefficient (Wildman–Crippen LogP) is 2.74. The minimum atomic E-state index is -3.77. The van der Waals surface area contributed by atoms with E-state index in [0.29, 0.717) is 28.4 Å². The highest BCUT2D eigenvalue weighted by Gasteiger charge is 2.15. The Bertz CT molecular complexity index is 1040. The monoisotopic (exact) mass is 387 g/mol. The summed E-state index contributed by atoms with van der Waals surface area (Å²) in [6, 6.07) is 13.5. The summed E-state index contributed by atoms with van der Waals surface area (Å²) in [5.74, 6) is 0.166. The highest BCUT2D eigenvalue weighted by molar-refractivity contribution is 7.92. The number of anilines is 2. The second-order valence-electron chi connectivity index (χ2n) is 5.36. The average Bonchev–Trinajstić information content (AvgIpc) is 2.62. The summed E-state index contributed by atoms with van der Waals surface area (Å²) in [7, 11) is -3.77. The molecule has 9 heteroatoms. The van der Waals surface area contributed by atoms with E-state index in [-0.39, 0.29) is 10.7 Å². The molecule has 0 radical (unpaired) electrons. The van der Waals surface area contributed by atoms with Crippen LogP contribution < -0.4 is 15.4 Å². The Morgan fingerprint density at radius 1 is 1.08 bits per heavy atom. The van der Waals surface area contributed by atoms with Crippen LogP contribution in [-0.4, -0.2) is 30.0 Å². The molecule has 0 saturated heterocycles. The highest BCUT2D eigenvalue weighted by atomic mass is 32.2. The lowest BCUT2D eigenvalue weighted by Gasteiger charge is -2.10. The number of benzene rings is 2. The first-order chi connectivity index (χ1) is 12.5. The quantitative estimate of drug-likeness (QED) is 0.579. The zero-order chi connectivity index (χ0) is 18.6. The van der Waals surface area contributed by atoms with E-state index in [4.69, 9.17) is 12.2 Å². The summed E-state index contributed by atoms with van der Waals surface area (Å²) >= 11 is 5.10. The smallest absolute Gasteiger partial charge is 0.263 e. The van der Waals surface area contributed by atoms with Crippen LogP contribution in [0.25, 0.3) is 11.0 Å². The first kappa shape index (κ1) is 18.0. The Morgan fingerprint density at radius 3 is 2.46 bits per heavy atom. The van der Waals surface area contributed by atoms with Crippen molar-refractivity contribution < 1.29 is 8.42 Å². The van der Waals surface area contributed by atoms with E-state index in [1.54, 1.807) is 18.2 Å². The third-order valence-corrected chi connectivity index (χ3v) is 5.06. The molecule has 0 aliphatic heterocycles. The van der Waals surface area contributed by atoms with Crippen molar-refractivity contribution in [1.82, 2.24) is 15.3 Å². The molecular formula is C17H17N5O2S2. The van der Waals surface area contributed by atoms with Gasteiger partial charge in [0.1, 0.15) is 0 Å². The fraction of sp³-hybridized carbons (Fsp3) is 0.118. The van der Waals surface area contributed by atoms with Crippen LogP contribution in [0, 0.1) is 0 Å². The van der Waals surface area contributed by atoms with Gasteiger partial charge in [-0.2, -0.15) is 0 Å². The number of hydrogen-bond acceptors (Lipinski definition) is 5. The Balaban J connectivity index is 1.77. The number of rotatable bonds is 5. The van der Waals surface area contributed by atoms with E-state index in [1.807, 2.05) is 25.1 Å². The first-order valence-electron chi connectivity index (χ1n) is 7.87. The fourth-order valence-electron chi connectivity index (χ4n) is 2.26. The Morgan fingerprint density at radius 2 is 1.77 bits per heavy atom. The Hall–Kier alpha value is -2.78. The summed E-state index contributed by atoms with van der Waals surface area (Å²) in [5.41, 5.74) is 2.01. The molecule has 0 aliphatic carbocycles. The summed E-state index contributed by atoms with van der Waals surface area (Å²) in [6.07, 6.45) is 1.39. The van der Waals surface area contributed by atoms with Crippen molar-refractivity contribution in [2.24, 2.45) is 0 Å². The van der Waals surface area contributed by atoms with Gasteiger partial charge in [-0.15, -0.1) is 0 Å². The van der Waals surface area contributed by atoms with Crippen molar-refractivity contribution in [2.45, 2.75) is 11.8 Å². The van der Waals surface area contributed by atoms with Crippen LogP contribution in [0.3, 0.4) is 0 Å². The second-order valence-corrected chi connectivity index (χ2v) is 7.45. The van der Waals surface area contributed by atoms with Gasteiger partial charge in [-0.25, -0.2) is 13.4 Å². The van der Waals surface area contributed by atoms with Crippen molar-refractivity contribution in [1.29, 1.82) is 0 Å². The van der Waals surface area contributed by atoms with E-state index in [2.05, 4.69) is 25.3 Å². The van der Waals surface area contributed by atoms with Gasteiger partial charge in [0.2, 0.25) is 0 Å². The molecular weight excluding hydrogens is 370 g/mol. The van der Waals surface area contributed by atoms with E-state index in [0.717, 1.165) is 0 Å². The maximum absolute atomic E-state index is 12.5. The molecule has 134 valence electrons. The molecule has 3 rings (SSSR count). The van der Waals surface area contributed by atoms with Gasteiger partial charge in [-0.05, 0) is 55.5 Å². The normalized spacial score (nSPS) is 11.1. The zero-order valence-corrected chi connectivity index (χ0v) is 15.6. The van der Waals surface area contributed by atoms with Crippen LogP contribution >= 0.6 is 12.2 Å². The van der Waals surface area contributed by atoms with E-state index in [9.17, 15) is 8.42 Å². The summed E-state index contributed by atoms with van der Waals surface area (Å²) in [6.45, 7) is 2.64. The second kappa shape index (κ2) is 7.63. The SMILES string of the molecule is CCNC(=S)Nc1ccc(S(=O)(=O)Nc2cnc3ccccc3n2)cc1. The lowest BCUT2D eigenvalue weighted by Crippen LogP contribution is -2.27. The summed E-state index contributed by atoms with van der Waals surface area (Å²) in [5, 5.41) is 6.41. The largest absolute Gasteiger partial charge is 0.363 e. The number of hydrogen-bond donors (Lipinski definition) is 3. The van der Waals surface area contributed by atoms with Crippen LogP contribution in [0.5, 0.6) is 0 Å². The topological polar surface area (TPSA) is 96.0 Å². The van der Waals surface area contributed by atoms with E-state index >= 15 is 0 Å². The number of nitrogens with one attached hydrogen (secondary N) is 3. The van der Waals surface area contributed by atoms with Crippen molar-refractivity contribution in [3.05, 3.63) is 54.7 Å². The Labute approximate surface area is 156 Å². The molecule has 0 saturated carbocycles. The number of thiocarbonyl (C=S) groups is 1. The number of sulfonamides is 1. The average molecular weight is 387 g/mol. The summed E-state index contributed by atoms with van der Waals surface area (Å²) < 4.78 is 27.5. The fourth-order valence-corrected chi connectivity index (χ4v) is 3.50. The van der Waals surface area contributed by atoms with Gasteiger partial charge in [-0.1, -0.05) is 12.1 Å². The molecule has 0 atom stereocenters. The molecule has 1 aromatic heterocycles. The van der Waals surface area contributed by atoms with Gasteiger partial charge in [0.25, 0.3) is 10.0 Å². The predicted molar refractivity (Wildman–Crippen MR) is 107 cm³/mol. The molecule has 0 bridgehead atoms. The third-order valence-electron chi connectivity index (χ3n) is 3.45.